The standard InChI is InChI=1S/C28H22Si.2C20H16O2.Ti/c1-29(2,27-15-7-13-23-21-11-5-3-9-19(21)17-25(23)27)28-16-8-14-24-22-12-6-4-10-20(22)18-26(24)28;2*21-19(22)20(16-10-4-1-5-11-16,17-12-6-2-7-13-17)18-14-8-3-9-15-18;/h3-18H,1-2H3;2*1-15H,(H,21,22);/q;;;+2/p-2. The van der Waals surface area contributed by atoms with Gasteiger partial charge in [0.15, 0.2) is 0 Å². The Kier molecular flexibility index (Phi) is 11.1. The number of fused-ring (bicyclic) bond motifs is 6. The summed E-state index contributed by atoms with van der Waals surface area (Å²) in [4.78, 5) is 35.1. The first-order chi connectivity index (χ1) is 36.3. The van der Waals surface area contributed by atoms with Crippen LogP contribution in [0.2, 0.25) is 13.1 Å². The fraction of sp³-hybridized carbons (Fsp3) is 0.0882. The van der Waals surface area contributed by atoms with E-state index in [-0.39, 0.29) is 0 Å². The molecule has 4 nitrogen and oxygen atoms in total. The van der Waals surface area contributed by atoms with E-state index in [9.17, 15) is 0 Å². The van der Waals surface area contributed by atoms with Crippen molar-refractivity contribution in [2.24, 2.45) is 0 Å². The summed E-state index contributed by atoms with van der Waals surface area (Å²) in [5.41, 5.74) is 10.0. The summed E-state index contributed by atoms with van der Waals surface area (Å²) in [6.07, 6.45) is 0. The molecule has 0 radical (unpaired) electrons. The van der Waals surface area contributed by atoms with E-state index >= 15 is 9.59 Å². The van der Waals surface area contributed by atoms with Crippen LogP contribution in [0.5, 0.6) is 0 Å². The van der Waals surface area contributed by atoms with Crippen molar-refractivity contribution in [3.63, 3.8) is 0 Å². The zero-order valence-electron chi connectivity index (χ0n) is 41.2. The third kappa shape index (κ3) is 6.63. The number of carbonyl (C=O) groups is 2. The first-order valence-corrected chi connectivity index (χ1v) is 31.6. The molecule has 2 atom stereocenters. The molecule has 13 rings (SSSR count). The summed E-state index contributed by atoms with van der Waals surface area (Å²) in [5, 5.41) is 2.50. The number of hydrogen-bond acceptors (Lipinski definition) is 4. The van der Waals surface area contributed by atoms with Crippen molar-refractivity contribution in [1.82, 2.24) is 0 Å². The van der Waals surface area contributed by atoms with Gasteiger partial charge in [-0.05, 0) is 0 Å². The molecule has 356 valence electrons. The Hall–Kier alpha value is -7.93. The number of benzene rings is 10. The Morgan fingerprint density at radius 2 is 0.595 bits per heavy atom. The van der Waals surface area contributed by atoms with Gasteiger partial charge < -0.3 is 0 Å². The first-order valence-electron chi connectivity index (χ1n) is 25.6. The summed E-state index contributed by atoms with van der Waals surface area (Å²) in [6, 6.07) is 90.8. The van der Waals surface area contributed by atoms with Crippen LogP contribution in [0.25, 0.3) is 22.3 Å². The molecule has 74 heavy (non-hydrogen) atoms. The van der Waals surface area contributed by atoms with Gasteiger partial charge in [0, 0.05) is 0 Å². The first kappa shape index (κ1) is 45.9. The topological polar surface area (TPSA) is 52.6 Å². The molecule has 1 heterocycles. The normalized spacial score (nSPS) is 16.3. The quantitative estimate of drug-likeness (QED) is 0.101. The summed E-state index contributed by atoms with van der Waals surface area (Å²) < 4.78 is 15.4. The minimum absolute atomic E-state index is 0.484. The predicted molar refractivity (Wildman–Crippen MR) is 295 cm³/mol. The van der Waals surface area contributed by atoms with Gasteiger partial charge in [-0.3, -0.25) is 0 Å². The fourth-order valence-corrected chi connectivity index (χ4v) is 24.0. The molecule has 0 spiro atoms. The van der Waals surface area contributed by atoms with E-state index in [1.807, 2.05) is 182 Å². The van der Waals surface area contributed by atoms with E-state index < -0.39 is 56.7 Å². The van der Waals surface area contributed by atoms with E-state index in [0.717, 1.165) is 77.9 Å². The third-order valence-electron chi connectivity index (χ3n) is 16.4. The molecule has 0 amide bonds. The van der Waals surface area contributed by atoms with Crippen LogP contribution in [0.15, 0.2) is 267 Å². The van der Waals surface area contributed by atoms with Crippen LogP contribution < -0.4 is 10.4 Å². The third-order valence-corrected chi connectivity index (χ3v) is 25.9. The van der Waals surface area contributed by atoms with Gasteiger partial charge in [-0.15, -0.1) is 0 Å². The molecular weight excluding hydrogens is 957 g/mol. The van der Waals surface area contributed by atoms with Crippen LogP contribution >= 0.6 is 0 Å². The molecule has 0 bridgehead atoms. The Morgan fingerprint density at radius 3 is 0.892 bits per heavy atom. The van der Waals surface area contributed by atoms with Crippen LogP contribution in [-0.2, 0) is 44.4 Å². The molecule has 6 heteroatoms. The van der Waals surface area contributed by atoms with Crippen LogP contribution in [0.4, 0.5) is 0 Å². The van der Waals surface area contributed by atoms with Gasteiger partial charge in [0.2, 0.25) is 0 Å². The molecular formula is C68H52O4SiTi. The Morgan fingerprint density at radius 1 is 0.338 bits per heavy atom. The predicted octanol–water partition coefficient (Wildman–Crippen LogP) is 13.8. The molecule has 2 unspecified atom stereocenters. The van der Waals surface area contributed by atoms with E-state index in [1.165, 1.54) is 10.4 Å². The Labute approximate surface area is 438 Å². The van der Waals surface area contributed by atoms with Crippen molar-refractivity contribution in [2.45, 2.75) is 32.4 Å². The number of carbonyl (C=O) groups excluding carboxylic acids is 2. The summed E-state index contributed by atoms with van der Waals surface area (Å²) in [7, 11) is -2.64. The molecule has 10 aromatic rings. The van der Waals surface area contributed by atoms with Crippen molar-refractivity contribution in [3.8, 4) is 22.3 Å². The van der Waals surface area contributed by atoms with E-state index in [2.05, 4.69) is 98.0 Å². The van der Waals surface area contributed by atoms with E-state index in [1.54, 1.807) is 0 Å². The molecule has 0 N–H and O–H groups in total. The second kappa shape index (κ2) is 17.9. The van der Waals surface area contributed by atoms with Gasteiger partial charge in [-0.2, -0.15) is 0 Å². The Balaban J connectivity index is 1.20. The maximum atomic E-state index is 17.6. The average molecular weight is 1010 g/mol. The summed E-state index contributed by atoms with van der Waals surface area (Å²) in [5.74, 6) is -0.968. The van der Waals surface area contributed by atoms with Crippen molar-refractivity contribution < 1.29 is 33.6 Å². The monoisotopic (exact) mass is 1010 g/mol. The zero-order valence-corrected chi connectivity index (χ0v) is 43.8. The van der Waals surface area contributed by atoms with Crippen LogP contribution in [0.3, 0.4) is 0 Å². The maximum absolute atomic E-state index is 17.6. The molecule has 0 aromatic heterocycles. The van der Waals surface area contributed by atoms with Crippen molar-refractivity contribution >= 4 is 30.4 Å². The van der Waals surface area contributed by atoms with Crippen LogP contribution in [-0.4, -0.2) is 20.0 Å². The minimum atomic E-state index is -5.75. The SMILES string of the molecule is C[Si]1(C)c2cccc3c2[CH](c2ccccc2-3)[Ti]([O]C(=O)C(c2ccccc2)(c2ccccc2)c2ccccc2)([O]C(=O)C(c2ccccc2)(c2ccccc2)c2ccccc2)[CH]2c3ccccc3-c3cccc1c32. The van der Waals surface area contributed by atoms with Crippen LogP contribution in [0, 0.1) is 0 Å². The van der Waals surface area contributed by atoms with E-state index in [0.29, 0.717) is 0 Å². The van der Waals surface area contributed by atoms with Gasteiger partial charge in [-0.25, -0.2) is 0 Å². The molecule has 1 aliphatic heterocycles. The average Bonchev–Trinajstić information content (AvgIpc) is 4.02. The van der Waals surface area contributed by atoms with Crippen molar-refractivity contribution in [1.29, 1.82) is 0 Å². The summed E-state index contributed by atoms with van der Waals surface area (Å²) >= 11 is -5.75. The van der Waals surface area contributed by atoms with Crippen molar-refractivity contribution in [3.05, 3.63) is 323 Å². The van der Waals surface area contributed by atoms with Gasteiger partial charge in [0.1, 0.15) is 0 Å². The van der Waals surface area contributed by atoms with Gasteiger partial charge >= 0.3 is 441 Å². The molecule has 2 aliphatic carbocycles. The molecule has 10 aromatic carbocycles. The van der Waals surface area contributed by atoms with E-state index in [4.69, 9.17) is 6.64 Å². The second-order valence-corrected chi connectivity index (χ2v) is 29.4. The van der Waals surface area contributed by atoms with Gasteiger partial charge in [0.05, 0.1) is 0 Å². The molecule has 0 saturated carbocycles. The Bertz CT molecular complexity index is 3310. The van der Waals surface area contributed by atoms with Gasteiger partial charge in [0.25, 0.3) is 0 Å². The molecule has 0 fully saturated rings. The number of hydrogen-bond donors (Lipinski definition) is 0. The zero-order chi connectivity index (χ0) is 50.1. The van der Waals surface area contributed by atoms with Crippen LogP contribution in [0.1, 0.15) is 64.1 Å². The van der Waals surface area contributed by atoms with Gasteiger partial charge in [-0.1, -0.05) is 0 Å². The molecule has 0 saturated heterocycles. The number of rotatable bonds is 10. The molecule has 3 aliphatic rings. The second-order valence-electron chi connectivity index (χ2n) is 20.4. The van der Waals surface area contributed by atoms with Crippen molar-refractivity contribution in [2.75, 3.05) is 0 Å². The summed E-state index contributed by atoms with van der Waals surface area (Å²) in [6.45, 7) is 4.93. The fourth-order valence-electron chi connectivity index (χ4n) is 13.3.